The fraction of sp³-hybridized carbons (Fsp3) is 0.240. The molecule has 168 valence electrons. The van der Waals surface area contributed by atoms with E-state index < -0.39 is 5.82 Å². The van der Waals surface area contributed by atoms with Gasteiger partial charge in [0.15, 0.2) is 11.5 Å². The highest BCUT2D eigenvalue weighted by Crippen LogP contribution is 2.36. The number of fused-ring (bicyclic) bond motifs is 1. The molecule has 4 rings (SSSR count). The molecule has 7 nitrogen and oxygen atoms in total. The van der Waals surface area contributed by atoms with Crippen molar-refractivity contribution >= 4 is 28.3 Å². The highest BCUT2D eigenvalue weighted by atomic mass is 19.1. The minimum Gasteiger partial charge on any atom is -0.493 e. The number of anilines is 2. The Bertz CT molecular complexity index is 1250. The topological polar surface area (TPSA) is 76.6 Å². The number of carbonyl (C=O) groups excluding carboxylic acids is 1. The zero-order valence-corrected chi connectivity index (χ0v) is 18.2. The molecule has 1 amide bonds. The Morgan fingerprint density at radius 3 is 2.76 bits per heavy atom. The second kappa shape index (κ2) is 9.57. The third kappa shape index (κ3) is 4.72. The number of benzene rings is 2. The minimum absolute atomic E-state index is 0.0680. The van der Waals surface area contributed by atoms with Crippen LogP contribution in [0.4, 0.5) is 15.9 Å². The van der Waals surface area contributed by atoms with Crippen LogP contribution in [0.25, 0.3) is 10.9 Å². The van der Waals surface area contributed by atoms with E-state index in [1.54, 1.807) is 30.2 Å². The maximum Gasteiger partial charge on any atom is 0.245 e. The third-order valence-electron chi connectivity index (χ3n) is 5.53. The van der Waals surface area contributed by atoms with Crippen molar-refractivity contribution in [3.05, 3.63) is 60.7 Å². The number of nitrogens with zero attached hydrogens (tertiary/aromatic N) is 3. The van der Waals surface area contributed by atoms with E-state index in [0.717, 1.165) is 0 Å². The van der Waals surface area contributed by atoms with Gasteiger partial charge in [-0.25, -0.2) is 14.4 Å². The number of carbonyl (C=O) groups is 1. The van der Waals surface area contributed by atoms with Crippen molar-refractivity contribution in [3.8, 4) is 23.8 Å². The fourth-order valence-corrected chi connectivity index (χ4v) is 3.77. The number of halogens is 1. The fourth-order valence-electron chi connectivity index (χ4n) is 3.77. The predicted octanol–water partition coefficient (Wildman–Crippen LogP) is 4.06. The molecule has 1 fully saturated rings. The van der Waals surface area contributed by atoms with Crippen molar-refractivity contribution in [3.63, 3.8) is 0 Å². The molecular weight excluding hydrogens is 423 g/mol. The van der Waals surface area contributed by atoms with Crippen LogP contribution >= 0.6 is 0 Å². The Morgan fingerprint density at radius 1 is 1.27 bits per heavy atom. The number of rotatable bonds is 6. The van der Waals surface area contributed by atoms with Gasteiger partial charge in [-0.05, 0) is 30.3 Å². The molecule has 2 heterocycles. The number of piperidine rings is 1. The summed E-state index contributed by atoms with van der Waals surface area (Å²) < 4.78 is 25.5. The van der Waals surface area contributed by atoms with Gasteiger partial charge in [-0.1, -0.05) is 12.5 Å². The minimum atomic E-state index is -0.461. The number of hydrogen-bond acceptors (Lipinski definition) is 6. The summed E-state index contributed by atoms with van der Waals surface area (Å²) in [6, 6.07) is 8.04. The summed E-state index contributed by atoms with van der Waals surface area (Å²) in [4.78, 5) is 22.3. The van der Waals surface area contributed by atoms with Gasteiger partial charge in [0.2, 0.25) is 5.91 Å². The van der Waals surface area contributed by atoms with E-state index in [-0.39, 0.29) is 17.6 Å². The first-order valence-electron chi connectivity index (χ1n) is 10.5. The van der Waals surface area contributed by atoms with Gasteiger partial charge in [-0.3, -0.25) is 4.79 Å². The van der Waals surface area contributed by atoms with Crippen molar-refractivity contribution in [2.75, 3.05) is 25.5 Å². The van der Waals surface area contributed by atoms with Crippen molar-refractivity contribution in [2.45, 2.75) is 18.9 Å². The van der Waals surface area contributed by atoms with Gasteiger partial charge < -0.3 is 19.7 Å². The summed E-state index contributed by atoms with van der Waals surface area (Å²) in [5, 5.41) is 3.89. The Labute approximate surface area is 191 Å². The van der Waals surface area contributed by atoms with Crippen molar-refractivity contribution in [1.82, 2.24) is 14.9 Å². The van der Waals surface area contributed by atoms with Crippen LogP contribution in [0.1, 0.15) is 18.4 Å². The molecule has 3 aromatic rings. The van der Waals surface area contributed by atoms with Crippen LogP contribution in [-0.4, -0.2) is 47.1 Å². The largest absolute Gasteiger partial charge is 0.493 e. The summed E-state index contributed by atoms with van der Waals surface area (Å²) in [5.41, 5.74) is 1.41. The lowest BCUT2D eigenvalue weighted by molar-refractivity contribution is -0.127. The molecule has 8 heteroatoms. The highest BCUT2D eigenvalue weighted by molar-refractivity contribution is 5.93. The van der Waals surface area contributed by atoms with Gasteiger partial charge >= 0.3 is 0 Å². The second-order valence-corrected chi connectivity index (χ2v) is 7.55. The maximum atomic E-state index is 13.8. The second-order valence-electron chi connectivity index (χ2n) is 7.55. The normalized spacial score (nSPS) is 13.9. The number of hydrogen-bond donors (Lipinski definition) is 1. The molecule has 1 aliphatic rings. The lowest BCUT2D eigenvalue weighted by Crippen LogP contribution is -2.41. The summed E-state index contributed by atoms with van der Waals surface area (Å²) in [6.45, 7) is 4.74. The quantitative estimate of drug-likeness (QED) is 0.455. The summed E-state index contributed by atoms with van der Waals surface area (Å²) in [7, 11) is 1.57. The lowest BCUT2D eigenvalue weighted by Gasteiger charge is -2.31. The molecule has 1 saturated heterocycles. The first-order valence-corrected chi connectivity index (χ1v) is 10.5. The van der Waals surface area contributed by atoms with Crippen LogP contribution in [0.15, 0.2) is 49.3 Å². The maximum absolute atomic E-state index is 13.8. The van der Waals surface area contributed by atoms with Gasteiger partial charge in [0.1, 0.15) is 24.1 Å². The van der Waals surface area contributed by atoms with Gasteiger partial charge in [-0.2, -0.15) is 0 Å². The van der Waals surface area contributed by atoms with E-state index in [4.69, 9.17) is 15.9 Å². The van der Waals surface area contributed by atoms with E-state index in [0.29, 0.717) is 59.8 Å². The van der Waals surface area contributed by atoms with Crippen LogP contribution < -0.4 is 14.8 Å². The Balaban J connectivity index is 1.61. The molecule has 0 atom stereocenters. The molecule has 0 radical (unpaired) electrons. The number of aromatic nitrogens is 2. The van der Waals surface area contributed by atoms with E-state index in [1.165, 1.54) is 18.5 Å². The van der Waals surface area contributed by atoms with E-state index in [2.05, 4.69) is 27.8 Å². The smallest absolute Gasteiger partial charge is 0.245 e. The third-order valence-corrected chi connectivity index (χ3v) is 5.53. The number of terminal acetylenes is 1. The van der Waals surface area contributed by atoms with Crippen LogP contribution in [-0.2, 0) is 4.79 Å². The SMILES string of the molecule is C#Cc1cc(Nc2ncnc3cc(OC)c(OC4CCN(C(=O)C=C)CC4)cc23)ccc1F. The molecule has 2 aromatic carbocycles. The van der Waals surface area contributed by atoms with Gasteiger partial charge in [0.25, 0.3) is 0 Å². The Kier molecular flexibility index (Phi) is 6.41. The van der Waals surface area contributed by atoms with Gasteiger partial charge in [0, 0.05) is 43.1 Å². The molecule has 1 N–H and O–H groups in total. The lowest BCUT2D eigenvalue weighted by atomic mass is 10.1. The average Bonchev–Trinajstić information content (AvgIpc) is 2.85. The average molecular weight is 446 g/mol. The van der Waals surface area contributed by atoms with Crippen LogP contribution in [0.2, 0.25) is 0 Å². The van der Waals surface area contributed by atoms with Crippen LogP contribution in [0.3, 0.4) is 0 Å². The zero-order chi connectivity index (χ0) is 23.4. The summed E-state index contributed by atoms with van der Waals surface area (Å²) >= 11 is 0. The first kappa shape index (κ1) is 22.1. The molecule has 0 spiro atoms. The number of amides is 1. The molecule has 1 aromatic heterocycles. The number of ether oxygens (including phenoxy) is 2. The molecule has 0 saturated carbocycles. The van der Waals surface area contributed by atoms with Gasteiger partial charge in [0.05, 0.1) is 18.2 Å². The standard InChI is InChI=1S/C25H23FN4O3/c1-4-16-12-17(6-7-20(16)26)29-25-19-13-23(22(32-3)14-21(19)27-15-28-25)33-18-8-10-30(11-9-18)24(31)5-2/h1,5-7,12-15,18H,2,8-11H2,3H3,(H,27,28,29). The van der Waals surface area contributed by atoms with E-state index in [9.17, 15) is 9.18 Å². The van der Waals surface area contributed by atoms with Crippen molar-refractivity contribution in [2.24, 2.45) is 0 Å². The molecule has 0 bridgehead atoms. The van der Waals surface area contributed by atoms with Crippen molar-refractivity contribution < 1.29 is 18.7 Å². The number of methoxy groups -OCH3 is 1. The molecule has 1 aliphatic heterocycles. The van der Waals surface area contributed by atoms with E-state index >= 15 is 0 Å². The van der Waals surface area contributed by atoms with Crippen LogP contribution in [0, 0.1) is 18.2 Å². The van der Waals surface area contributed by atoms with Crippen molar-refractivity contribution in [1.29, 1.82) is 0 Å². The number of likely N-dealkylation sites (tertiary alicyclic amines) is 1. The monoisotopic (exact) mass is 446 g/mol. The molecule has 0 unspecified atom stereocenters. The van der Waals surface area contributed by atoms with E-state index in [1.807, 2.05) is 6.07 Å². The summed E-state index contributed by atoms with van der Waals surface area (Å²) in [5.74, 6) is 3.42. The molecule has 0 aliphatic carbocycles. The van der Waals surface area contributed by atoms with Crippen LogP contribution in [0.5, 0.6) is 11.5 Å². The molecule has 33 heavy (non-hydrogen) atoms. The predicted molar refractivity (Wildman–Crippen MR) is 124 cm³/mol. The summed E-state index contributed by atoms with van der Waals surface area (Å²) in [6.07, 6.45) is 9.46. The zero-order valence-electron chi connectivity index (χ0n) is 18.2. The Hall–Kier alpha value is -4.12. The number of nitrogens with one attached hydrogen (secondary N) is 1. The first-order chi connectivity index (χ1) is 16.0. The highest BCUT2D eigenvalue weighted by Gasteiger charge is 2.24. The molecular formula is C25H23FN4O3. The Morgan fingerprint density at radius 2 is 2.06 bits per heavy atom. The van der Waals surface area contributed by atoms with Gasteiger partial charge in [-0.15, -0.1) is 6.42 Å².